The summed E-state index contributed by atoms with van der Waals surface area (Å²) < 4.78 is 27.2. The van der Waals surface area contributed by atoms with Gasteiger partial charge in [0.15, 0.2) is 0 Å². The zero-order valence-corrected chi connectivity index (χ0v) is 10.7. The fourth-order valence-corrected chi connectivity index (χ4v) is 2.69. The summed E-state index contributed by atoms with van der Waals surface area (Å²) >= 11 is 4.36. The third-order valence-electron chi connectivity index (χ3n) is 2.02. The number of carbonyl (C=O) groups is 1. The van der Waals surface area contributed by atoms with Crippen molar-refractivity contribution in [3.63, 3.8) is 0 Å². The predicted molar refractivity (Wildman–Crippen MR) is 66.3 cm³/mol. The second kappa shape index (κ2) is 4.93. The van der Waals surface area contributed by atoms with Crippen LogP contribution in [0.1, 0.15) is 9.67 Å². The molecule has 2 nitrogen and oxygen atoms in total. The van der Waals surface area contributed by atoms with E-state index in [1.165, 1.54) is 17.4 Å². The molecule has 6 heteroatoms. The summed E-state index contributed by atoms with van der Waals surface area (Å²) in [6.07, 6.45) is 0. The van der Waals surface area contributed by atoms with E-state index in [0.717, 1.165) is 12.1 Å². The number of amides is 1. The Balaban J connectivity index is 2.28. The molecule has 0 fully saturated rings. The summed E-state index contributed by atoms with van der Waals surface area (Å²) in [4.78, 5) is 12.1. The molecule has 0 spiro atoms. The molecule has 2 rings (SSSR count). The number of benzene rings is 1. The highest BCUT2D eigenvalue weighted by Gasteiger charge is 2.16. The quantitative estimate of drug-likeness (QED) is 0.889. The van der Waals surface area contributed by atoms with Gasteiger partial charge in [-0.1, -0.05) is 6.07 Å². The van der Waals surface area contributed by atoms with E-state index in [1.54, 1.807) is 11.4 Å². The third-order valence-corrected chi connectivity index (χ3v) is 3.86. The first-order chi connectivity index (χ1) is 8.09. The predicted octanol–water partition coefficient (Wildman–Crippen LogP) is 4.04. The number of nitrogens with one attached hydrogen (secondary N) is 1. The van der Waals surface area contributed by atoms with Crippen molar-refractivity contribution in [2.24, 2.45) is 0 Å². The highest BCUT2D eigenvalue weighted by atomic mass is 79.9. The van der Waals surface area contributed by atoms with E-state index in [9.17, 15) is 13.6 Å². The minimum Gasteiger partial charge on any atom is -0.316 e. The van der Waals surface area contributed by atoms with Crippen LogP contribution < -0.4 is 5.32 Å². The molecule has 0 saturated carbocycles. The molecule has 0 unspecified atom stereocenters. The van der Waals surface area contributed by atoms with E-state index in [4.69, 9.17) is 0 Å². The standard InChI is InChI=1S/C11H6BrF2NOS/c12-6-4-5-17-10(6)11(16)15-9-7(13)2-1-3-8(9)14/h1-5H,(H,15,16). The lowest BCUT2D eigenvalue weighted by molar-refractivity contribution is 0.102. The van der Waals surface area contributed by atoms with Gasteiger partial charge < -0.3 is 5.32 Å². The Labute approximate surface area is 108 Å². The van der Waals surface area contributed by atoms with Gasteiger partial charge in [0, 0.05) is 4.47 Å². The molecule has 0 radical (unpaired) electrons. The molecular formula is C11H6BrF2NOS. The first-order valence-electron chi connectivity index (χ1n) is 4.58. The second-order valence-electron chi connectivity index (χ2n) is 3.15. The lowest BCUT2D eigenvalue weighted by Gasteiger charge is -2.06. The molecule has 17 heavy (non-hydrogen) atoms. The van der Waals surface area contributed by atoms with Crippen molar-refractivity contribution in [3.8, 4) is 0 Å². The van der Waals surface area contributed by atoms with Crippen LogP contribution in [-0.4, -0.2) is 5.91 Å². The highest BCUT2D eigenvalue weighted by molar-refractivity contribution is 9.10. The number of thiophene rings is 1. The molecule has 1 N–H and O–H groups in total. The Morgan fingerprint density at radius 2 is 1.88 bits per heavy atom. The van der Waals surface area contributed by atoms with Gasteiger partial charge in [-0.05, 0) is 39.5 Å². The van der Waals surface area contributed by atoms with Crippen molar-refractivity contribution in [1.82, 2.24) is 0 Å². The Hall–Kier alpha value is -1.27. The SMILES string of the molecule is O=C(Nc1c(F)cccc1F)c1sccc1Br. The summed E-state index contributed by atoms with van der Waals surface area (Å²) in [7, 11) is 0. The van der Waals surface area contributed by atoms with Crippen LogP contribution in [0.5, 0.6) is 0 Å². The minimum absolute atomic E-state index is 0.368. The van der Waals surface area contributed by atoms with Gasteiger partial charge in [-0.25, -0.2) is 8.78 Å². The van der Waals surface area contributed by atoms with Crippen molar-refractivity contribution >= 4 is 38.9 Å². The van der Waals surface area contributed by atoms with Crippen molar-refractivity contribution in [2.75, 3.05) is 5.32 Å². The highest BCUT2D eigenvalue weighted by Crippen LogP contribution is 2.25. The molecular weight excluding hydrogens is 312 g/mol. The Bertz CT molecular complexity index is 550. The van der Waals surface area contributed by atoms with Crippen LogP contribution >= 0.6 is 27.3 Å². The summed E-state index contributed by atoms with van der Waals surface area (Å²) in [6.45, 7) is 0. The number of carbonyl (C=O) groups excluding carboxylic acids is 1. The average molecular weight is 318 g/mol. The second-order valence-corrected chi connectivity index (χ2v) is 4.92. The summed E-state index contributed by atoms with van der Waals surface area (Å²) in [5.74, 6) is -2.15. The Morgan fingerprint density at radius 3 is 2.41 bits per heavy atom. The van der Waals surface area contributed by atoms with Crippen LogP contribution in [0, 0.1) is 11.6 Å². The minimum atomic E-state index is -0.800. The zero-order chi connectivity index (χ0) is 12.4. The van der Waals surface area contributed by atoms with Crippen LogP contribution in [-0.2, 0) is 0 Å². The molecule has 1 amide bonds. The summed E-state index contributed by atoms with van der Waals surface area (Å²) in [5, 5.41) is 3.92. The Morgan fingerprint density at radius 1 is 1.24 bits per heavy atom. The van der Waals surface area contributed by atoms with E-state index in [2.05, 4.69) is 21.2 Å². The van der Waals surface area contributed by atoms with E-state index in [0.29, 0.717) is 9.35 Å². The number of rotatable bonds is 2. The van der Waals surface area contributed by atoms with Crippen molar-refractivity contribution in [3.05, 3.63) is 50.6 Å². The fraction of sp³-hybridized carbons (Fsp3) is 0. The number of anilines is 1. The molecule has 1 heterocycles. The van der Waals surface area contributed by atoms with Gasteiger partial charge in [-0.15, -0.1) is 11.3 Å². The lowest BCUT2D eigenvalue weighted by atomic mass is 10.3. The van der Waals surface area contributed by atoms with Crippen LogP contribution in [0.15, 0.2) is 34.1 Å². The number of hydrogen-bond donors (Lipinski definition) is 1. The molecule has 0 aliphatic heterocycles. The topological polar surface area (TPSA) is 29.1 Å². The average Bonchev–Trinajstić information content (AvgIpc) is 2.70. The van der Waals surface area contributed by atoms with Gasteiger partial charge in [-0.2, -0.15) is 0 Å². The molecule has 0 aliphatic carbocycles. The fourth-order valence-electron chi connectivity index (χ4n) is 1.24. The molecule has 2 aromatic rings. The van der Waals surface area contributed by atoms with E-state index < -0.39 is 23.2 Å². The van der Waals surface area contributed by atoms with Gasteiger partial charge in [0.25, 0.3) is 5.91 Å². The number of hydrogen-bond acceptors (Lipinski definition) is 2. The van der Waals surface area contributed by atoms with Gasteiger partial charge in [-0.3, -0.25) is 4.79 Å². The molecule has 0 atom stereocenters. The van der Waals surface area contributed by atoms with Gasteiger partial charge >= 0.3 is 0 Å². The molecule has 1 aromatic carbocycles. The van der Waals surface area contributed by atoms with Crippen molar-refractivity contribution in [1.29, 1.82) is 0 Å². The van der Waals surface area contributed by atoms with E-state index in [1.807, 2.05) is 0 Å². The molecule has 0 aliphatic rings. The van der Waals surface area contributed by atoms with Crippen molar-refractivity contribution < 1.29 is 13.6 Å². The Kier molecular flexibility index (Phi) is 3.54. The monoisotopic (exact) mass is 317 g/mol. The van der Waals surface area contributed by atoms with Crippen molar-refractivity contribution in [2.45, 2.75) is 0 Å². The molecule has 0 saturated heterocycles. The van der Waals surface area contributed by atoms with Gasteiger partial charge in [0.1, 0.15) is 22.2 Å². The largest absolute Gasteiger partial charge is 0.316 e. The molecule has 0 bridgehead atoms. The van der Waals surface area contributed by atoms with Crippen LogP contribution in [0.4, 0.5) is 14.5 Å². The van der Waals surface area contributed by atoms with Crippen LogP contribution in [0.3, 0.4) is 0 Å². The zero-order valence-electron chi connectivity index (χ0n) is 8.34. The number of para-hydroxylation sites is 1. The maximum atomic E-state index is 13.3. The maximum absolute atomic E-state index is 13.3. The first kappa shape index (κ1) is 12.2. The van der Waals surface area contributed by atoms with Crippen LogP contribution in [0.25, 0.3) is 0 Å². The summed E-state index contributed by atoms with van der Waals surface area (Å²) in [5.41, 5.74) is -0.433. The molecule has 88 valence electrons. The smallest absolute Gasteiger partial charge is 0.267 e. The van der Waals surface area contributed by atoms with E-state index >= 15 is 0 Å². The van der Waals surface area contributed by atoms with E-state index in [-0.39, 0.29) is 0 Å². The maximum Gasteiger partial charge on any atom is 0.267 e. The first-order valence-corrected chi connectivity index (χ1v) is 6.25. The van der Waals surface area contributed by atoms with Gasteiger partial charge in [0.2, 0.25) is 0 Å². The van der Waals surface area contributed by atoms with Gasteiger partial charge in [0.05, 0.1) is 0 Å². The number of halogens is 3. The molecule has 1 aromatic heterocycles. The van der Waals surface area contributed by atoms with Crippen LogP contribution in [0.2, 0.25) is 0 Å². The lowest BCUT2D eigenvalue weighted by Crippen LogP contribution is -2.13. The third kappa shape index (κ3) is 2.53. The normalized spacial score (nSPS) is 10.3. The summed E-state index contributed by atoms with van der Waals surface area (Å²) in [6, 6.07) is 5.10.